The van der Waals surface area contributed by atoms with Gasteiger partial charge < -0.3 is 15.1 Å². The van der Waals surface area contributed by atoms with E-state index in [0.29, 0.717) is 11.5 Å². The molecule has 4 heteroatoms. The average molecular weight is 235 g/mol. The maximum atomic E-state index is 9.69. The van der Waals surface area contributed by atoms with Crippen LogP contribution in [0.5, 0.6) is 5.75 Å². The van der Waals surface area contributed by atoms with Crippen LogP contribution in [0.3, 0.4) is 0 Å². The third-order valence-corrected chi connectivity index (χ3v) is 3.11. The Kier molecular flexibility index (Phi) is 3.64. The minimum absolute atomic E-state index is 0.114. The summed E-state index contributed by atoms with van der Waals surface area (Å²) < 4.78 is 5.74. The lowest BCUT2D eigenvalue weighted by Gasteiger charge is -2.17. The number of benzene rings is 1. The van der Waals surface area contributed by atoms with Crippen LogP contribution in [0.4, 0.5) is 0 Å². The van der Waals surface area contributed by atoms with Crippen LogP contribution in [0.1, 0.15) is 31.7 Å². The van der Waals surface area contributed by atoms with E-state index in [-0.39, 0.29) is 12.2 Å². The van der Waals surface area contributed by atoms with E-state index in [1.807, 2.05) is 24.3 Å². The highest BCUT2D eigenvalue weighted by Gasteiger charge is 2.26. The van der Waals surface area contributed by atoms with Crippen molar-refractivity contribution >= 4 is 5.71 Å². The van der Waals surface area contributed by atoms with Crippen LogP contribution < -0.4 is 4.74 Å². The molecule has 4 nitrogen and oxygen atoms in total. The molecule has 0 saturated heterocycles. The van der Waals surface area contributed by atoms with Gasteiger partial charge in [-0.3, -0.25) is 0 Å². The summed E-state index contributed by atoms with van der Waals surface area (Å²) in [4.78, 5) is 0. The third kappa shape index (κ3) is 2.77. The highest BCUT2D eigenvalue weighted by atomic mass is 16.5. The van der Waals surface area contributed by atoms with Gasteiger partial charge in [-0.05, 0) is 38.3 Å². The number of aliphatic hydroxyl groups is 1. The molecule has 1 aromatic rings. The van der Waals surface area contributed by atoms with E-state index in [2.05, 4.69) is 5.16 Å². The largest absolute Gasteiger partial charge is 0.488 e. The second-order valence-corrected chi connectivity index (χ2v) is 4.37. The van der Waals surface area contributed by atoms with Crippen LogP contribution in [-0.2, 0) is 0 Å². The molecule has 0 amide bonds. The summed E-state index contributed by atoms with van der Waals surface area (Å²) in [7, 11) is 0. The first-order valence-corrected chi connectivity index (χ1v) is 5.84. The van der Waals surface area contributed by atoms with Crippen molar-refractivity contribution in [2.24, 2.45) is 5.16 Å². The molecule has 1 aromatic carbocycles. The lowest BCUT2D eigenvalue weighted by Crippen LogP contribution is -2.25. The maximum Gasteiger partial charge on any atom is 0.124 e. The molecule has 2 N–H and O–H groups in total. The van der Waals surface area contributed by atoms with Gasteiger partial charge in [-0.1, -0.05) is 17.3 Å². The zero-order chi connectivity index (χ0) is 12.3. The van der Waals surface area contributed by atoms with Crippen LogP contribution in [0.15, 0.2) is 29.4 Å². The van der Waals surface area contributed by atoms with Gasteiger partial charge in [0.25, 0.3) is 0 Å². The minimum Gasteiger partial charge on any atom is -0.488 e. The predicted molar refractivity (Wildman–Crippen MR) is 64.7 cm³/mol. The summed E-state index contributed by atoms with van der Waals surface area (Å²) in [6.07, 6.45) is 2.21. The molecule has 0 spiro atoms. The van der Waals surface area contributed by atoms with E-state index in [0.717, 1.165) is 24.8 Å². The summed E-state index contributed by atoms with van der Waals surface area (Å²) >= 11 is 0. The Bertz CT molecular complexity index is 417. The summed E-state index contributed by atoms with van der Waals surface area (Å²) in [5.74, 6) is 0.705. The standard InChI is InChI=1S/C13H17NO3/c1-9(14-16)10-4-2-5-11(8-10)17-13-7-3-6-12(13)15/h2,4-5,8,12-13,15-16H,3,6-7H2,1H3/b14-9+. The van der Waals surface area contributed by atoms with Crippen molar-refractivity contribution in [3.8, 4) is 5.75 Å². The lowest BCUT2D eigenvalue weighted by molar-refractivity contribution is 0.0604. The van der Waals surface area contributed by atoms with Gasteiger partial charge >= 0.3 is 0 Å². The van der Waals surface area contributed by atoms with Crippen molar-refractivity contribution < 1.29 is 15.1 Å². The van der Waals surface area contributed by atoms with Crippen LogP contribution in [0, 0.1) is 0 Å². The summed E-state index contributed by atoms with van der Waals surface area (Å²) in [5.41, 5.74) is 1.36. The fraction of sp³-hybridized carbons (Fsp3) is 0.462. The van der Waals surface area contributed by atoms with Gasteiger partial charge in [0.15, 0.2) is 0 Å². The normalized spacial score (nSPS) is 24.9. The molecular formula is C13H17NO3. The summed E-state index contributed by atoms with van der Waals surface area (Å²) in [6.45, 7) is 1.73. The number of aliphatic hydroxyl groups excluding tert-OH is 1. The molecule has 92 valence electrons. The summed E-state index contributed by atoms with van der Waals surface area (Å²) in [6, 6.07) is 7.37. The van der Waals surface area contributed by atoms with Crippen molar-refractivity contribution in [1.82, 2.24) is 0 Å². The van der Waals surface area contributed by atoms with Crippen LogP contribution >= 0.6 is 0 Å². The predicted octanol–water partition coefficient (Wildman–Crippen LogP) is 2.18. The number of oxime groups is 1. The van der Waals surface area contributed by atoms with Crippen molar-refractivity contribution in [2.75, 3.05) is 0 Å². The van der Waals surface area contributed by atoms with E-state index in [4.69, 9.17) is 9.94 Å². The molecule has 1 aliphatic rings. The molecule has 1 fully saturated rings. The Labute approximate surface area is 101 Å². The van der Waals surface area contributed by atoms with Crippen molar-refractivity contribution in [2.45, 2.75) is 38.4 Å². The lowest BCUT2D eigenvalue weighted by atomic mass is 10.1. The summed E-state index contributed by atoms with van der Waals surface area (Å²) in [5, 5.41) is 21.6. The zero-order valence-electron chi connectivity index (χ0n) is 9.84. The zero-order valence-corrected chi connectivity index (χ0v) is 9.84. The van der Waals surface area contributed by atoms with Gasteiger partial charge in [0.2, 0.25) is 0 Å². The number of hydrogen-bond acceptors (Lipinski definition) is 4. The van der Waals surface area contributed by atoms with E-state index < -0.39 is 0 Å². The number of hydrogen-bond donors (Lipinski definition) is 2. The number of nitrogens with zero attached hydrogens (tertiary/aromatic N) is 1. The van der Waals surface area contributed by atoms with Gasteiger partial charge in [0.1, 0.15) is 11.9 Å². The van der Waals surface area contributed by atoms with E-state index in [1.165, 1.54) is 0 Å². The van der Waals surface area contributed by atoms with Crippen molar-refractivity contribution in [3.05, 3.63) is 29.8 Å². The number of rotatable bonds is 3. The quantitative estimate of drug-likeness (QED) is 0.479. The van der Waals surface area contributed by atoms with E-state index in [9.17, 15) is 5.11 Å². The molecule has 2 atom stereocenters. The topological polar surface area (TPSA) is 62.1 Å². The molecule has 2 rings (SSSR count). The van der Waals surface area contributed by atoms with Crippen LogP contribution in [-0.4, -0.2) is 28.2 Å². The second-order valence-electron chi connectivity index (χ2n) is 4.37. The highest BCUT2D eigenvalue weighted by molar-refractivity contribution is 5.98. The molecule has 0 heterocycles. The van der Waals surface area contributed by atoms with Crippen molar-refractivity contribution in [1.29, 1.82) is 0 Å². The van der Waals surface area contributed by atoms with Gasteiger partial charge in [0, 0.05) is 5.56 Å². The molecule has 0 bridgehead atoms. The monoisotopic (exact) mass is 235 g/mol. The van der Waals surface area contributed by atoms with Gasteiger partial charge in [-0.25, -0.2) is 0 Å². The van der Waals surface area contributed by atoms with Crippen molar-refractivity contribution in [3.63, 3.8) is 0 Å². The fourth-order valence-corrected chi connectivity index (χ4v) is 2.07. The molecule has 0 aliphatic heterocycles. The van der Waals surface area contributed by atoms with Gasteiger partial charge in [-0.15, -0.1) is 0 Å². The Hall–Kier alpha value is -1.55. The Morgan fingerprint density at radius 2 is 2.24 bits per heavy atom. The van der Waals surface area contributed by atoms with Gasteiger partial charge in [-0.2, -0.15) is 0 Å². The Morgan fingerprint density at radius 3 is 2.88 bits per heavy atom. The SMILES string of the molecule is C/C(=N\O)c1cccc(OC2CCCC2O)c1. The average Bonchev–Trinajstić information content (AvgIpc) is 2.74. The molecule has 0 aromatic heterocycles. The van der Waals surface area contributed by atoms with Crippen LogP contribution in [0.25, 0.3) is 0 Å². The van der Waals surface area contributed by atoms with Gasteiger partial charge in [0.05, 0.1) is 11.8 Å². The van der Waals surface area contributed by atoms with E-state index >= 15 is 0 Å². The fourth-order valence-electron chi connectivity index (χ4n) is 2.07. The van der Waals surface area contributed by atoms with E-state index in [1.54, 1.807) is 6.92 Å². The molecule has 2 unspecified atom stereocenters. The first-order chi connectivity index (χ1) is 8.20. The second kappa shape index (κ2) is 5.19. The third-order valence-electron chi connectivity index (χ3n) is 3.11. The minimum atomic E-state index is -0.369. The molecular weight excluding hydrogens is 218 g/mol. The highest BCUT2D eigenvalue weighted by Crippen LogP contribution is 2.25. The first-order valence-electron chi connectivity index (χ1n) is 5.84. The number of ether oxygens (including phenoxy) is 1. The Balaban J connectivity index is 2.11. The van der Waals surface area contributed by atoms with Crippen LogP contribution in [0.2, 0.25) is 0 Å². The molecule has 1 aliphatic carbocycles. The molecule has 0 radical (unpaired) electrons. The molecule has 17 heavy (non-hydrogen) atoms. The molecule has 1 saturated carbocycles. The Morgan fingerprint density at radius 1 is 1.41 bits per heavy atom. The first kappa shape index (κ1) is 11.9. The maximum absolute atomic E-state index is 9.69. The smallest absolute Gasteiger partial charge is 0.124 e.